The van der Waals surface area contributed by atoms with Gasteiger partial charge in [0.25, 0.3) is 0 Å². The lowest BCUT2D eigenvalue weighted by molar-refractivity contribution is 0.242. The molecule has 0 aliphatic rings. The molecule has 0 aliphatic carbocycles. The van der Waals surface area contributed by atoms with E-state index < -0.39 is 0 Å². The quantitative estimate of drug-likeness (QED) is 0.567. The van der Waals surface area contributed by atoms with Gasteiger partial charge in [0.1, 0.15) is 22.9 Å². The number of hydrogen-bond acceptors (Lipinski definition) is 5. The van der Waals surface area contributed by atoms with E-state index in [1.54, 1.807) is 0 Å². The Kier molecular flexibility index (Phi) is 5.91. The number of rotatable bonds is 6. The van der Waals surface area contributed by atoms with Gasteiger partial charge < -0.3 is 9.47 Å². The van der Waals surface area contributed by atoms with E-state index in [1.807, 2.05) is 76.2 Å². The molecule has 0 saturated heterocycles. The summed E-state index contributed by atoms with van der Waals surface area (Å²) >= 11 is 6.01. The minimum Gasteiger partial charge on any atom is -0.491 e. The van der Waals surface area contributed by atoms with Crippen molar-refractivity contribution in [1.29, 1.82) is 0 Å². The molecule has 0 N–H and O–H groups in total. The van der Waals surface area contributed by atoms with E-state index in [2.05, 4.69) is 15.2 Å². The SMILES string of the molecule is CC(C)Oc1ccc(-c2nnc(Cl)nc2-c2ccc(OC(C)C)cc2)cc1. The Labute approximate surface area is 164 Å². The molecule has 0 aliphatic heterocycles. The molecule has 27 heavy (non-hydrogen) atoms. The highest BCUT2D eigenvalue weighted by atomic mass is 35.5. The van der Waals surface area contributed by atoms with Gasteiger partial charge in [-0.2, -0.15) is 0 Å². The first-order valence-electron chi connectivity index (χ1n) is 8.87. The summed E-state index contributed by atoms with van der Waals surface area (Å²) in [5.41, 5.74) is 3.11. The Morgan fingerprint density at radius 2 is 1.11 bits per heavy atom. The lowest BCUT2D eigenvalue weighted by Gasteiger charge is -2.12. The Bertz CT molecular complexity index is 894. The third kappa shape index (κ3) is 4.95. The second-order valence-electron chi connectivity index (χ2n) is 6.66. The number of aromatic nitrogens is 3. The third-order valence-electron chi connectivity index (χ3n) is 3.66. The number of nitrogens with zero attached hydrogens (tertiary/aromatic N) is 3. The fourth-order valence-corrected chi connectivity index (χ4v) is 2.75. The summed E-state index contributed by atoms with van der Waals surface area (Å²) < 4.78 is 11.4. The van der Waals surface area contributed by atoms with Crippen LogP contribution < -0.4 is 9.47 Å². The monoisotopic (exact) mass is 383 g/mol. The molecule has 3 aromatic rings. The average Bonchev–Trinajstić information content (AvgIpc) is 2.62. The highest BCUT2D eigenvalue weighted by Crippen LogP contribution is 2.31. The summed E-state index contributed by atoms with van der Waals surface area (Å²) in [4.78, 5) is 4.40. The number of hydrogen-bond donors (Lipinski definition) is 0. The highest BCUT2D eigenvalue weighted by molar-refractivity contribution is 6.28. The van der Waals surface area contributed by atoms with Crippen LogP contribution in [0.2, 0.25) is 5.28 Å². The van der Waals surface area contributed by atoms with Gasteiger partial charge in [-0.25, -0.2) is 4.98 Å². The molecular formula is C21H22ClN3O2. The molecule has 1 heterocycles. The summed E-state index contributed by atoms with van der Waals surface area (Å²) in [6.07, 6.45) is 0.239. The predicted octanol–water partition coefficient (Wildman–Crippen LogP) is 5.43. The van der Waals surface area contributed by atoms with Gasteiger partial charge in [0.15, 0.2) is 0 Å². The molecule has 5 nitrogen and oxygen atoms in total. The van der Waals surface area contributed by atoms with E-state index >= 15 is 0 Å². The molecule has 6 heteroatoms. The first-order chi connectivity index (χ1) is 12.9. The van der Waals surface area contributed by atoms with Crippen molar-refractivity contribution in [3.8, 4) is 34.0 Å². The van der Waals surface area contributed by atoms with Crippen LogP contribution in [0.5, 0.6) is 11.5 Å². The molecule has 1 aromatic heterocycles. The van der Waals surface area contributed by atoms with Gasteiger partial charge in [0.2, 0.25) is 5.28 Å². The molecule has 140 valence electrons. The number of benzene rings is 2. The Morgan fingerprint density at radius 3 is 1.56 bits per heavy atom. The number of ether oxygens (including phenoxy) is 2. The largest absolute Gasteiger partial charge is 0.491 e. The van der Waals surface area contributed by atoms with Crippen molar-refractivity contribution in [3.63, 3.8) is 0 Å². The van der Waals surface area contributed by atoms with Gasteiger partial charge in [-0.05, 0) is 87.8 Å². The van der Waals surface area contributed by atoms with Crippen LogP contribution in [-0.4, -0.2) is 27.4 Å². The van der Waals surface area contributed by atoms with E-state index in [9.17, 15) is 0 Å². The molecule has 0 atom stereocenters. The zero-order valence-electron chi connectivity index (χ0n) is 15.8. The smallest absolute Gasteiger partial charge is 0.243 e. The first-order valence-corrected chi connectivity index (χ1v) is 9.24. The molecule has 0 saturated carbocycles. The van der Waals surface area contributed by atoms with Gasteiger partial charge in [0.05, 0.1) is 12.2 Å². The molecule has 0 spiro atoms. The van der Waals surface area contributed by atoms with Crippen LogP contribution in [0, 0.1) is 0 Å². The van der Waals surface area contributed by atoms with Crippen LogP contribution in [0.25, 0.3) is 22.5 Å². The van der Waals surface area contributed by atoms with Crippen molar-refractivity contribution < 1.29 is 9.47 Å². The maximum Gasteiger partial charge on any atom is 0.243 e. The molecule has 0 amide bonds. The fourth-order valence-electron chi connectivity index (χ4n) is 2.63. The molecule has 0 unspecified atom stereocenters. The predicted molar refractivity (Wildman–Crippen MR) is 107 cm³/mol. The Hall–Kier alpha value is -2.66. The maximum absolute atomic E-state index is 6.01. The summed E-state index contributed by atoms with van der Waals surface area (Å²) in [5, 5.41) is 8.29. The standard InChI is InChI=1S/C21H22ClN3O2/c1-13(2)26-17-9-5-15(6-10-17)19-20(24-25-21(22)23-19)16-7-11-18(12-8-16)27-14(3)4/h5-14H,1-4H3. The molecular weight excluding hydrogens is 362 g/mol. The minimum absolute atomic E-state index is 0.107. The normalized spacial score (nSPS) is 11.1. The van der Waals surface area contributed by atoms with Crippen molar-refractivity contribution in [2.75, 3.05) is 0 Å². The van der Waals surface area contributed by atoms with Gasteiger partial charge >= 0.3 is 0 Å². The van der Waals surface area contributed by atoms with Crippen molar-refractivity contribution in [3.05, 3.63) is 53.8 Å². The lowest BCUT2D eigenvalue weighted by Crippen LogP contribution is -2.05. The van der Waals surface area contributed by atoms with Crippen LogP contribution in [0.1, 0.15) is 27.7 Å². The van der Waals surface area contributed by atoms with Crippen LogP contribution in [0.15, 0.2) is 48.5 Å². The van der Waals surface area contributed by atoms with E-state index in [0.717, 1.165) is 22.6 Å². The summed E-state index contributed by atoms with van der Waals surface area (Å²) in [6.45, 7) is 7.97. The molecule has 0 bridgehead atoms. The topological polar surface area (TPSA) is 57.1 Å². The van der Waals surface area contributed by atoms with Crippen molar-refractivity contribution >= 4 is 11.6 Å². The number of halogens is 1. The zero-order valence-corrected chi connectivity index (χ0v) is 16.6. The molecule has 0 radical (unpaired) electrons. The second kappa shape index (κ2) is 8.35. The van der Waals surface area contributed by atoms with Gasteiger partial charge in [-0.1, -0.05) is 0 Å². The highest BCUT2D eigenvalue weighted by Gasteiger charge is 2.14. The zero-order chi connectivity index (χ0) is 19.4. The Balaban J connectivity index is 1.96. The summed E-state index contributed by atoms with van der Waals surface area (Å²) in [5.74, 6) is 1.61. The molecule has 2 aromatic carbocycles. The lowest BCUT2D eigenvalue weighted by atomic mass is 10.0. The molecule has 3 rings (SSSR count). The summed E-state index contributed by atoms with van der Waals surface area (Å²) in [7, 11) is 0. The second-order valence-corrected chi connectivity index (χ2v) is 7.00. The van der Waals surface area contributed by atoms with Crippen LogP contribution in [0.4, 0.5) is 0 Å². The van der Waals surface area contributed by atoms with Crippen LogP contribution >= 0.6 is 11.6 Å². The third-order valence-corrected chi connectivity index (χ3v) is 3.82. The van der Waals surface area contributed by atoms with E-state index in [4.69, 9.17) is 21.1 Å². The Morgan fingerprint density at radius 1 is 0.667 bits per heavy atom. The summed E-state index contributed by atoms with van der Waals surface area (Å²) in [6, 6.07) is 15.4. The van der Waals surface area contributed by atoms with Crippen LogP contribution in [0.3, 0.4) is 0 Å². The van der Waals surface area contributed by atoms with E-state index in [-0.39, 0.29) is 17.5 Å². The van der Waals surface area contributed by atoms with E-state index in [0.29, 0.717) is 11.4 Å². The first kappa shape index (κ1) is 19.1. The van der Waals surface area contributed by atoms with Gasteiger partial charge in [-0.3, -0.25) is 0 Å². The van der Waals surface area contributed by atoms with Gasteiger partial charge in [0, 0.05) is 11.1 Å². The van der Waals surface area contributed by atoms with Crippen molar-refractivity contribution in [2.45, 2.75) is 39.9 Å². The average molecular weight is 384 g/mol. The molecule has 0 fully saturated rings. The minimum atomic E-state index is 0.107. The van der Waals surface area contributed by atoms with Crippen molar-refractivity contribution in [2.24, 2.45) is 0 Å². The van der Waals surface area contributed by atoms with E-state index in [1.165, 1.54) is 0 Å². The fraction of sp³-hybridized carbons (Fsp3) is 0.286. The van der Waals surface area contributed by atoms with Crippen LogP contribution in [-0.2, 0) is 0 Å². The van der Waals surface area contributed by atoms with Crippen molar-refractivity contribution in [1.82, 2.24) is 15.2 Å². The van der Waals surface area contributed by atoms with Gasteiger partial charge in [-0.15, -0.1) is 10.2 Å². The maximum atomic E-state index is 6.01.